The number of hydrogen-bond donors (Lipinski definition) is 6. The Morgan fingerprint density at radius 2 is 1.61 bits per heavy atom. The number of rotatable bonds is 4. The number of esters is 1. The van der Waals surface area contributed by atoms with E-state index in [-0.39, 0.29) is 45.3 Å². The molecule has 4 aliphatic rings. The number of nitrogens with one attached hydrogen (secondary N) is 1. The average molecular weight is 825 g/mol. The third kappa shape index (κ3) is 9.00. The van der Waals surface area contributed by atoms with Gasteiger partial charge in [-0.3, -0.25) is 19.4 Å². The minimum Gasteiger partial charge on any atom is -0.507 e. The highest BCUT2D eigenvalue weighted by Gasteiger charge is 2.50. The van der Waals surface area contributed by atoms with Crippen LogP contribution in [0.1, 0.15) is 76.4 Å². The van der Waals surface area contributed by atoms with Gasteiger partial charge in [0.1, 0.15) is 23.4 Å². The summed E-state index contributed by atoms with van der Waals surface area (Å²) >= 11 is 0. The van der Waals surface area contributed by atoms with Crippen LogP contribution in [0.3, 0.4) is 0 Å². The van der Waals surface area contributed by atoms with Gasteiger partial charge in [-0.05, 0) is 26.5 Å². The standard InChI is InChI=1S/C43H60N4O12/c1-21-12-11-13-22(2)42(55)45-33-28(20-44-47-17-15-46(9)16-18-47)37(52)30-31(38(33)53)36(51)26(6)40-32(30)41(54)43(8,59-40)57-19-14-29(56-10)23(3)39(58-27(7)48)25(5)35(50)24(4)34(21)49/h11-12,14,19-25,29,34-35,39,49-53H,13,15-18H2,1-10H3,(H,45,55)/t21?,22?,23-,24-,25-,29+,34+,35-,39-,43+/m1/s1. The maximum Gasteiger partial charge on any atom is 0.312 e. The second kappa shape index (κ2) is 18.2. The van der Waals surface area contributed by atoms with Gasteiger partial charge in [0.15, 0.2) is 5.75 Å². The molecule has 10 atom stereocenters. The third-order valence-corrected chi connectivity index (χ3v) is 12.1. The first-order valence-electron chi connectivity index (χ1n) is 20.1. The number of carbonyl (C=O) groups excluding carboxylic acids is 3. The zero-order valence-corrected chi connectivity index (χ0v) is 35.6. The Labute approximate surface area is 345 Å². The molecule has 2 unspecified atom stereocenters. The molecular formula is C43H60N4O12. The molecule has 324 valence electrons. The summed E-state index contributed by atoms with van der Waals surface area (Å²) in [6, 6.07) is 0. The number of aliphatic hydroxyl groups is 2. The predicted molar refractivity (Wildman–Crippen MR) is 221 cm³/mol. The van der Waals surface area contributed by atoms with Crippen molar-refractivity contribution in [3.63, 3.8) is 0 Å². The van der Waals surface area contributed by atoms with E-state index >= 15 is 0 Å². The molecule has 1 saturated heterocycles. The number of hydrogen-bond acceptors (Lipinski definition) is 15. The minimum atomic E-state index is -2.04. The molecule has 0 saturated carbocycles. The number of aromatic hydroxyl groups is 3. The zero-order chi connectivity index (χ0) is 43.7. The molecule has 6 rings (SSSR count). The highest BCUT2D eigenvalue weighted by molar-refractivity contribution is 6.23. The number of Topliss-reactive ketones (excluding diaryl/α,β-unsaturated/α-hetero) is 1. The number of nitrogens with zero attached hydrogens (tertiary/aromatic N) is 3. The number of piperazine rings is 1. The Kier molecular flexibility index (Phi) is 13.9. The van der Waals surface area contributed by atoms with E-state index in [1.165, 1.54) is 46.4 Å². The zero-order valence-electron chi connectivity index (χ0n) is 35.6. The van der Waals surface area contributed by atoms with E-state index in [9.17, 15) is 39.9 Å². The summed E-state index contributed by atoms with van der Waals surface area (Å²) in [6.07, 6.45) is 3.90. The molecule has 59 heavy (non-hydrogen) atoms. The van der Waals surface area contributed by atoms with Gasteiger partial charge in [-0.1, -0.05) is 46.8 Å². The number of likely N-dealkylation sites (N-methyl/N-ethyl adjacent to an activating group) is 1. The van der Waals surface area contributed by atoms with E-state index in [4.69, 9.17) is 18.9 Å². The summed E-state index contributed by atoms with van der Waals surface area (Å²) in [7, 11) is 3.43. The lowest BCUT2D eigenvalue weighted by atomic mass is 9.78. The van der Waals surface area contributed by atoms with Gasteiger partial charge in [0.05, 0.1) is 53.0 Å². The summed E-state index contributed by atoms with van der Waals surface area (Å²) < 4.78 is 23.6. The summed E-state index contributed by atoms with van der Waals surface area (Å²) in [5, 5.41) is 67.1. The molecular weight excluding hydrogens is 764 g/mol. The van der Waals surface area contributed by atoms with Gasteiger partial charge in [-0.2, -0.15) is 5.10 Å². The first kappa shape index (κ1) is 45.2. The summed E-state index contributed by atoms with van der Waals surface area (Å²) in [4.78, 5) is 42.7. The van der Waals surface area contributed by atoms with Crippen molar-refractivity contribution in [1.29, 1.82) is 0 Å². The lowest BCUT2D eigenvalue weighted by molar-refractivity contribution is -0.160. The van der Waals surface area contributed by atoms with Crippen LogP contribution in [0, 0.1) is 36.5 Å². The first-order valence-corrected chi connectivity index (χ1v) is 20.1. The van der Waals surface area contributed by atoms with Crippen LogP contribution >= 0.6 is 0 Å². The second-order valence-corrected chi connectivity index (χ2v) is 16.5. The first-order chi connectivity index (χ1) is 27.7. The van der Waals surface area contributed by atoms with Crippen molar-refractivity contribution in [3.8, 4) is 23.0 Å². The molecule has 4 heterocycles. The molecule has 0 aliphatic carbocycles. The fraction of sp³-hybridized carbons (Fsp3) is 0.581. The van der Waals surface area contributed by atoms with Crippen molar-refractivity contribution < 1.29 is 58.9 Å². The largest absolute Gasteiger partial charge is 0.507 e. The number of benzene rings is 2. The van der Waals surface area contributed by atoms with E-state index < -0.39 is 94.7 Å². The fourth-order valence-electron chi connectivity index (χ4n) is 8.11. The van der Waals surface area contributed by atoms with Crippen LogP contribution in [0.2, 0.25) is 0 Å². The summed E-state index contributed by atoms with van der Waals surface area (Å²) in [6.45, 7) is 15.3. The highest BCUT2D eigenvalue weighted by atomic mass is 16.7. The number of carbonyl (C=O) groups is 3. The number of ketones is 1. The molecule has 0 spiro atoms. The van der Waals surface area contributed by atoms with Crippen LogP contribution in [0.15, 0.2) is 29.6 Å². The van der Waals surface area contributed by atoms with E-state index in [2.05, 4.69) is 15.3 Å². The third-order valence-electron chi connectivity index (χ3n) is 12.1. The number of fused-ring (bicyclic) bond motifs is 15. The number of ether oxygens (including phenoxy) is 4. The quantitative estimate of drug-likeness (QED) is 0.0827. The second-order valence-electron chi connectivity index (χ2n) is 16.5. The van der Waals surface area contributed by atoms with Gasteiger partial charge in [-0.25, -0.2) is 0 Å². The lowest BCUT2D eigenvalue weighted by Gasteiger charge is -2.38. The minimum absolute atomic E-state index is 0.0673. The van der Waals surface area contributed by atoms with Crippen LogP contribution in [0.5, 0.6) is 23.0 Å². The van der Waals surface area contributed by atoms with Crippen LogP contribution in [0.25, 0.3) is 10.8 Å². The number of phenols is 3. The van der Waals surface area contributed by atoms with Gasteiger partial charge in [0.25, 0.3) is 5.78 Å². The number of methoxy groups -OCH3 is 1. The Morgan fingerprint density at radius 1 is 0.949 bits per heavy atom. The fourth-order valence-corrected chi connectivity index (χ4v) is 8.11. The van der Waals surface area contributed by atoms with Gasteiger partial charge in [0, 0.05) is 87.7 Å². The molecule has 0 radical (unpaired) electrons. The number of phenolic OH excluding ortho intramolecular Hbond substituents is 3. The Hall–Kier alpha value is -4.90. The smallest absolute Gasteiger partial charge is 0.312 e. The van der Waals surface area contributed by atoms with Crippen molar-refractivity contribution in [2.45, 2.75) is 92.0 Å². The van der Waals surface area contributed by atoms with Crippen LogP contribution < -0.4 is 10.1 Å². The van der Waals surface area contributed by atoms with Crippen molar-refractivity contribution in [2.24, 2.45) is 34.7 Å². The molecule has 6 N–H and O–H groups in total. The monoisotopic (exact) mass is 824 g/mol. The van der Waals surface area contributed by atoms with E-state index in [1.807, 2.05) is 7.05 Å². The number of anilines is 1. The summed E-state index contributed by atoms with van der Waals surface area (Å²) in [5.74, 6) is -8.72. The molecule has 16 heteroatoms. The molecule has 4 aliphatic heterocycles. The van der Waals surface area contributed by atoms with Gasteiger partial charge < -0.3 is 54.7 Å². The Morgan fingerprint density at radius 3 is 2.24 bits per heavy atom. The maximum atomic E-state index is 14.4. The number of amides is 1. The lowest BCUT2D eigenvalue weighted by Crippen LogP contribution is -2.46. The van der Waals surface area contributed by atoms with E-state index in [0.29, 0.717) is 13.1 Å². The number of hydrazone groups is 1. The van der Waals surface area contributed by atoms with E-state index in [1.54, 1.807) is 51.8 Å². The van der Waals surface area contributed by atoms with Crippen molar-refractivity contribution in [3.05, 3.63) is 41.2 Å². The number of aliphatic hydroxyl groups excluding tert-OH is 2. The molecule has 0 aromatic heterocycles. The molecule has 2 aromatic carbocycles. The SMILES string of the molecule is CO[C@H]1C=CO[C@@]2(C)Oc3c(C)c(O)c4c(O)c(c(C=NN5CCN(C)CC5)c(O)c4c3C2=O)NC(=O)C(C)CC=CC(C)[C@H](O)[C@@H](C)[C@@H](O)[C@@H](C)[C@H](OC(C)=O)[C@@H]1C. The van der Waals surface area contributed by atoms with Gasteiger partial charge in [-0.15, -0.1) is 0 Å². The number of allylic oxidation sites excluding steroid dienone is 1. The average Bonchev–Trinajstić information content (AvgIpc) is 3.46. The molecule has 2 aromatic rings. The Bertz CT molecular complexity index is 2010. The molecule has 5 bridgehead atoms. The van der Waals surface area contributed by atoms with Gasteiger partial charge >= 0.3 is 11.8 Å². The summed E-state index contributed by atoms with van der Waals surface area (Å²) in [5.41, 5.74) is -0.430. The topological polar surface area (TPSA) is 220 Å². The Balaban J connectivity index is 1.68. The van der Waals surface area contributed by atoms with Crippen LogP contribution in [-0.4, -0.2) is 130 Å². The molecule has 1 fully saturated rings. The van der Waals surface area contributed by atoms with E-state index in [0.717, 1.165) is 13.1 Å². The maximum absolute atomic E-state index is 14.4. The molecule has 16 nitrogen and oxygen atoms in total. The normalized spacial score (nSPS) is 31.5. The van der Waals surface area contributed by atoms with Crippen LogP contribution in [0.4, 0.5) is 5.69 Å². The van der Waals surface area contributed by atoms with Crippen molar-refractivity contribution in [1.82, 2.24) is 9.91 Å². The highest BCUT2D eigenvalue weighted by Crippen LogP contribution is 2.55. The molecule has 1 amide bonds. The van der Waals surface area contributed by atoms with Crippen molar-refractivity contribution >= 4 is 40.3 Å². The van der Waals surface area contributed by atoms with Crippen LogP contribution in [-0.2, 0) is 23.8 Å². The van der Waals surface area contributed by atoms with Crippen molar-refractivity contribution in [2.75, 3.05) is 45.7 Å². The predicted octanol–water partition coefficient (Wildman–Crippen LogP) is 4.42. The van der Waals surface area contributed by atoms with Gasteiger partial charge in [0.2, 0.25) is 5.91 Å².